The van der Waals surface area contributed by atoms with Crippen LogP contribution in [0.5, 0.6) is 0 Å². The second-order valence-corrected chi connectivity index (χ2v) is 4.51. The van der Waals surface area contributed by atoms with Crippen molar-refractivity contribution in [2.75, 3.05) is 38.8 Å². The highest BCUT2D eigenvalue weighted by molar-refractivity contribution is 6.29. The van der Waals surface area contributed by atoms with Gasteiger partial charge in [-0.2, -0.15) is 0 Å². The molecule has 1 rings (SSSR count). The fourth-order valence-corrected chi connectivity index (χ4v) is 1.73. The molecule has 0 saturated heterocycles. The van der Waals surface area contributed by atoms with Crippen LogP contribution in [0.4, 0.5) is 5.82 Å². The predicted molar refractivity (Wildman–Crippen MR) is 76.8 cm³/mol. The number of hydrogen-bond acceptors (Lipinski definition) is 5. The van der Waals surface area contributed by atoms with Crippen molar-refractivity contribution >= 4 is 17.4 Å². The normalized spacial score (nSPS) is 10.7. The monoisotopic (exact) mass is 287 g/mol. The molecule has 1 heterocycles. The van der Waals surface area contributed by atoms with Crippen molar-refractivity contribution in [3.05, 3.63) is 17.0 Å². The van der Waals surface area contributed by atoms with E-state index in [2.05, 4.69) is 22.2 Å². The van der Waals surface area contributed by atoms with Gasteiger partial charge in [-0.1, -0.05) is 18.5 Å². The molecular formula is C13H22ClN3O2. The van der Waals surface area contributed by atoms with Gasteiger partial charge >= 0.3 is 0 Å². The number of hydrogen-bond donors (Lipinski definition) is 1. The molecular weight excluding hydrogens is 266 g/mol. The first-order valence-corrected chi connectivity index (χ1v) is 6.98. The van der Waals surface area contributed by atoms with Gasteiger partial charge in [0.2, 0.25) is 0 Å². The van der Waals surface area contributed by atoms with Crippen molar-refractivity contribution in [1.82, 2.24) is 9.97 Å². The van der Waals surface area contributed by atoms with Crippen LogP contribution in [0.2, 0.25) is 5.15 Å². The Labute approximate surface area is 119 Å². The smallest absolute Gasteiger partial charge is 0.134 e. The first-order valence-electron chi connectivity index (χ1n) is 6.60. The molecule has 0 aliphatic heterocycles. The third-order valence-electron chi connectivity index (χ3n) is 2.42. The van der Waals surface area contributed by atoms with Crippen LogP contribution in [-0.4, -0.2) is 43.4 Å². The quantitative estimate of drug-likeness (QED) is 0.529. The minimum atomic E-state index is 0.484. The van der Waals surface area contributed by atoms with Gasteiger partial charge in [-0.05, 0) is 12.8 Å². The van der Waals surface area contributed by atoms with E-state index < -0.39 is 0 Å². The molecule has 0 aliphatic carbocycles. The summed E-state index contributed by atoms with van der Waals surface area (Å²) >= 11 is 5.95. The summed E-state index contributed by atoms with van der Waals surface area (Å²) in [7, 11) is 1.66. The zero-order chi connectivity index (χ0) is 13.9. The molecule has 0 amide bonds. The van der Waals surface area contributed by atoms with Gasteiger partial charge < -0.3 is 14.8 Å². The third kappa shape index (κ3) is 7.30. The summed E-state index contributed by atoms with van der Waals surface area (Å²) in [5.74, 6) is 1.56. The van der Waals surface area contributed by atoms with E-state index in [1.165, 1.54) is 0 Å². The summed E-state index contributed by atoms with van der Waals surface area (Å²) in [5.41, 5.74) is 0. The summed E-state index contributed by atoms with van der Waals surface area (Å²) in [4.78, 5) is 8.58. The minimum Gasteiger partial charge on any atom is -0.382 e. The number of methoxy groups -OCH3 is 1. The third-order valence-corrected chi connectivity index (χ3v) is 2.61. The van der Waals surface area contributed by atoms with Crippen molar-refractivity contribution in [3.63, 3.8) is 0 Å². The zero-order valence-corrected chi connectivity index (χ0v) is 12.4. The van der Waals surface area contributed by atoms with Crippen LogP contribution < -0.4 is 5.32 Å². The molecule has 1 aromatic heterocycles. The molecule has 0 unspecified atom stereocenters. The maximum absolute atomic E-state index is 5.95. The lowest BCUT2D eigenvalue weighted by atomic mass is 10.3. The van der Waals surface area contributed by atoms with E-state index in [0.29, 0.717) is 25.0 Å². The van der Waals surface area contributed by atoms with Crippen LogP contribution in [0.3, 0.4) is 0 Å². The second-order valence-electron chi connectivity index (χ2n) is 4.13. The number of halogens is 1. The van der Waals surface area contributed by atoms with Gasteiger partial charge in [-0.15, -0.1) is 0 Å². The molecule has 0 saturated carbocycles. The van der Waals surface area contributed by atoms with Crippen molar-refractivity contribution in [2.24, 2.45) is 0 Å². The van der Waals surface area contributed by atoms with Crippen molar-refractivity contribution < 1.29 is 9.47 Å². The maximum atomic E-state index is 5.95. The topological polar surface area (TPSA) is 56.3 Å². The molecule has 108 valence electrons. The van der Waals surface area contributed by atoms with Gasteiger partial charge in [0.25, 0.3) is 0 Å². The van der Waals surface area contributed by atoms with E-state index in [9.17, 15) is 0 Å². The van der Waals surface area contributed by atoms with Crippen LogP contribution >= 0.6 is 11.6 Å². The molecule has 0 atom stereocenters. The second kappa shape index (κ2) is 9.95. The van der Waals surface area contributed by atoms with Gasteiger partial charge in [-0.3, -0.25) is 0 Å². The van der Waals surface area contributed by atoms with E-state index in [1.54, 1.807) is 13.2 Å². The Morgan fingerprint density at radius 1 is 1.26 bits per heavy atom. The number of rotatable bonds is 10. The van der Waals surface area contributed by atoms with E-state index in [0.717, 1.165) is 37.4 Å². The summed E-state index contributed by atoms with van der Waals surface area (Å²) < 4.78 is 10.3. The van der Waals surface area contributed by atoms with Gasteiger partial charge in [-0.25, -0.2) is 9.97 Å². The summed E-state index contributed by atoms with van der Waals surface area (Å²) in [6.45, 7) is 4.86. The highest BCUT2D eigenvalue weighted by Crippen LogP contribution is 2.12. The largest absolute Gasteiger partial charge is 0.382 e. The van der Waals surface area contributed by atoms with Crippen LogP contribution in [0, 0.1) is 0 Å². The molecule has 0 aliphatic rings. The zero-order valence-electron chi connectivity index (χ0n) is 11.6. The van der Waals surface area contributed by atoms with Crippen LogP contribution in [0.15, 0.2) is 6.07 Å². The average molecular weight is 288 g/mol. The lowest BCUT2D eigenvalue weighted by molar-refractivity contribution is 0.0705. The first kappa shape index (κ1) is 16.1. The highest BCUT2D eigenvalue weighted by atomic mass is 35.5. The highest BCUT2D eigenvalue weighted by Gasteiger charge is 2.02. The molecule has 0 fully saturated rings. The van der Waals surface area contributed by atoms with E-state index in [4.69, 9.17) is 21.1 Å². The molecule has 1 aromatic rings. The van der Waals surface area contributed by atoms with Gasteiger partial charge in [0, 0.05) is 32.7 Å². The Balaban J connectivity index is 2.25. The fourth-order valence-electron chi connectivity index (χ4n) is 1.53. The average Bonchev–Trinajstić information content (AvgIpc) is 2.37. The van der Waals surface area contributed by atoms with Gasteiger partial charge in [0.05, 0.1) is 13.2 Å². The lowest BCUT2D eigenvalue weighted by Gasteiger charge is -2.08. The Bertz CT molecular complexity index is 364. The summed E-state index contributed by atoms with van der Waals surface area (Å²) in [6.07, 6.45) is 2.76. The Kier molecular flexibility index (Phi) is 8.45. The van der Waals surface area contributed by atoms with Crippen LogP contribution in [0.25, 0.3) is 0 Å². The molecule has 0 radical (unpaired) electrons. The summed E-state index contributed by atoms with van der Waals surface area (Å²) in [6, 6.07) is 1.74. The molecule has 0 spiro atoms. The number of aromatic nitrogens is 2. The Morgan fingerprint density at radius 2 is 2.11 bits per heavy atom. The number of anilines is 1. The summed E-state index contributed by atoms with van der Waals surface area (Å²) in [5, 5.41) is 3.71. The van der Waals surface area contributed by atoms with Crippen molar-refractivity contribution in [2.45, 2.75) is 26.2 Å². The molecule has 19 heavy (non-hydrogen) atoms. The number of nitrogens with one attached hydrogen (secondary N) is 1. The molecule has 0 aromatic carbocycles. The van der Waals surface area contributed by atoms with Crippen molar-refractivity contribution in [1.29, 1.82) is 0 Å². The molecule has 5 nitrogen and oxygen atoms in total. The van der Waals surface area contributed by atoms with Crippen molar-refractivity contribution in [3.8, 4) is 0 Å². The minimum absolute atomic E-state index is 0.484. The van der Waals surface area contributed by atoms with Gasteiger partial charge in [0.1, 0.15) is 16.8 Å². The first-order chi connectivity index (χ1) is 9.26. The lowest BCUT2D eigenvalue weighted by Crippen LogP contribution is -2.10. The van der Waals surface area contributed by atoms with E-state index >= 15 is 0 Å². The molecule has 0 bridgehead atoms. The van der Waals surface area contributed by atoms with Gasteiger partial charge in [0.15, 0.2) is 0 Å². The predicted octanol–water partition coefficient (Wildman–Crippen LogP) is 2.55. The van der Waals surface area contributed by atoms with E-state index in [1.807, 2.05) is 0 Å². The standard InChI is InChI=1S/C13H22ClN3O2/c1-3-5-12-16-11(14)10-13(17-12)15-6-4-7-19-9-8-18-2/h10H,3-9H2,1-2H3,(H,15,16,17). The fraction of sp³-hybridized carbons (Fsp3) is 0.692. The van der Waals surface area contributed by atoms with Crippen LogP contribution in [0.1, 0.15) is 25.6 Å². The molecule has 1 N–H and O–H groups in total. The maximum Gasteiger partial charge on any atom is 0.134 e. The van der Waals surface area contributed by atoms with Crippen LogP contribution in [-0.2, 0) is 15.9 Å². The number of nitrogens with zero attached hydrogens (tertiary/aromatic N) is 2. The Hall–Kier alpha value is -0.910. The molecule has 6 heteroatoms. The number of ether oxygens (including phenoxy) is 2. The Morgan fingerprint density at radius 3 is 2.84 bits per heavy atom. The van der Waals surface area contributed by atoms with E-state index in [-0.39, 0.29) is 0 Å². The number of aryl methyl sites for hydroxylation is 1. The SMILES string of the molecule is CCCc1nc(Cl)cc(NCCCOCCOC)n1.